The molecule has 0 aromatic heterocycles. The monoisotopic (exact) mass is 262 g/mol. The van der Waals surface area contributed by atoms with Crippen molar-refractivity contribution >= 4 is 5.97 Å². The van der Waals surface area contributed by atoms with Crippen LogP contribution in [-0.2, 0) is 4.74 Å². The Morgan fingerprint density at radius 2 is 1.63 bits per heavy atom. The highest BCUT2D eigenvalue weighted by Crippen LogP contribution is 2.31. The maximum atomic E-state index is 11.3. The van der Waals surface area contributed by atoms with Crippen molar-refractivity contribution in [3.05, 3.63) is 29.8 Å². The number of hydrogen-bond acceptors (Lipinski definition) is 3. The number of carbonyl (C=O) groups is 1. The second kappa shape index (κ2) is 6.09. The lowest BCUT2D eigenvalue weighted by atomic mass is 9.82. The highest BCUT2D eigenvalue weighted by Gasteiger charge is 2.25. The fraction of sp³-hybridized carbons (Fsp3) is 0.562. The van der Waals surface area contributed by atoms with Crippen LogP contribution in [0.4, 0.5) is 0 Å². The number of rotatable bonds is 3. The number of carbonyl (C=O) groups excluding carboxylic acids is 1. The highest BCUT2D eigenvalue weighted by atomic mass is 16.5. The van der Waals surface area contributed by atoms with Crippen molar-refractivity contribution in [3.8, 4) is 5.75 Å². The lowest BCUT2D eigenvalue weighted by Gasteiger charge is -2.31. The normalized spacial score (nSPS) is 26.8. The second-order valence-electron chi connectivity index (χ2n) is 5.67. The zero-order valence-electron chi connectivity index (χ0n) is 11.9. The molecule has 2 atom stereocenters. The number of esters is 1. The molecule has 0 radical (unpaired) electrons. The molecule has 0 aliphatic heterocycles. The summed E-state index contributed by atoms with van der Waals surface area (Å²) in [5.74, 6) is 1.97. The Morgan fingerprint density at radius 1 is 1.05 bits per heavy atom. The van der Waals surface area contributed by atoms with Gasteiger partial charge in [-0.05, 0) is 55.4 Å². The van der Waals surface area contributed by atoms with E-state index in [0.29, 0.717) is 11.7 Å². The number of ether oxygens (including phenoxy) is 2. The van der Waals surface area contributed by atoms with Gasteiger partial charge in [0.15, 0.2) is 0 Å². The minimum Gasteiger partial charge on any atom is -0.490 e. The van der Waals surface area contributed by atoms with Crippen molar-refractivity contribution in [2.75, 3.05) is 7.11 Å². The van der Waals surface area contributed by atoms with Crippen molar-refractivity contribution in [2.24, 2.45) is 11.8 Å². The van der Waals surface area contributed by atoms with Gasteiger partial charge in [0.2, 0.25) is 0 Å². The lowest BCUT2D eigenvalue weighted by molar-refractivity contribution is 0.0600. The van der Waals surface area contributed by atoms with E-state index in [9.17, 15) is 4.79 Å². The fourth-order valence-corrected chi connectivity index (χ4v) is 2.95. The molecule has 0 spiro atoms. The van der Waals surface area contributed by atoms with E-state index in [1.165, 1.54) is 13.5 Å². The summed E-state index contributed by atoms with van der Waals surface area (Å²) in [4.78, 5) is 11.3. The molecule has 19 heavy (non-hydrogen) atoms. The molecule has 1 saturated carbocycles. The first kappa shape index (κ1) is 13.9. The van der Waals surface area contributed by atoms with Crippen LogP contribution in [0, 0.1) is 11.8 Å². The zero-order chi connectivity index (χ0) is 13.8. The van der Waals surface area contributed by atoms with Crippen LogP contribution in [-0.4, -0.2) is 19.2 Å². The van der Waals surface area contributed by atoms with Gasteiger partial charge in [-0.1, -0.05) is 13.8 Å². The summed E-state index contributed by atoms with van der Waals surface area (Å²) >= 11 is 0. The maximum absolute atomic E-state index is 11.3. The molecule has 0 amide bonds. The first-order chi connectivity index (χ1) is 9.08. The van der Waals surface area contributed by atoms with E-state index in [0.717, 1.165) is 30.4 Å². The highest BCUT2D eigenvalue weighted by molar-refractivity contribution is 5.89. The van der Waals surface area contributed by atoms with E-state index in [1.54, 1.807) is 12.1 Å². The number of benzene rings is 1. The molecule has 0 bridgehead atoms. The molecule has 2 unspecified atom stereocenters. The van der Waals surface area contributed by atoms with Gasteiger partial charge >= 0.3 is 5.97 Å². The fourth-order valence-electron chi connectivity index (χ4n) is 2.95. The molecule has 104 valence electrons. The average molecular weight is 262 g/mol. The molecule has 1 aliphatic carbocycles. The third-order valence-electron chi connectivity index (χ3n) is 3.71. The summed E-state index contributed by atoms with van der Waals surface area (Å²) in [7, 11) is 1.39. The maximum Gasteiger partial charge on any atom is 0.337 e. The summed E-state index contributed by atoms with van der Waals surface area (Å²) < 4.78 is 10.7. The van der Waals surface area contributed by atoms with Crippen LogP contribution in [0.2, 0.25) is 0 Å². The van der Waals surface area contributed by atoms with Crippen LogP contribution >= 0.6 is 0 Å². The summed E-state index contributed by atoms with van der Waals surface area (Å²) in [6.45, 7) is 4.57. The standard InChI is InChI=1S/C16H22O3/c1-11-8-12(2)10-15(9-11)19-14-6-4-13(5-7-14)16(17)18-3/h4-7,11-12,15H,8-10H2,1-3H3. The predicted molar refractivity (Wildman–Crippen MR) is 74.4 cm³/mol. The molecule has 0 saturated heterocycles. The summed E-state index contributed by atoms with van der Waals surface area (Å²) in [6.07, 6.45) is 3.82. The smallest absolute Gasteiger partial charge is 0.337 e. The summed E-state index contributed by atoms with van der Waals surface area (Å²) in [6, 6.07) is 7.18. The van der Waals surface area contributed by atoms with Gasteiger partial charge in [-0.15, -0.1) is 0 Å². The van der Waals surface area contributed by atoms with E-state index in [4.69, 9.17) is 4.74 Å². The van der Waals surface area contributed by atoms with Gasteiger partial charge in [-0.25, -0.2) is 4.79 Å². The first-order valence-electron chi connectivity index (χ1n) is 6.93. The van der Waals surface area contributed by atoms with E-state index >= 15 is 0 Å². The van der Waals surface area contributed by atoms with Crippen molar-refractivity contribution in [2.45, 2.75) is 39.2 Å². The Kier molecular flexibility index (Phi) is 4.46. The Morgan fingerprint density at radius 3 is 2.16 bits per heavy atom. The third-order valence-corrected chi connectivity index (χ3v) is 3.71. The third kappa shape index (κ3) is 3.72. The van der Waals surface area contributed by atoms with Crippen LogP contribution in [0.5, 0.6) is 5.75 Å². The quantitative estimate of drug-likeness (QED) is 0.779. The molecule has 3 nitrogen and oxygen atoms in total. The topological polar surface area (TPSA) is 35.5 Å². The van der Waals surface area contributed by atoms with E-state index < -0.39 is 0 Å². The van der Waals surface area contributed by atoms with Crippen molar-refractivity contribution in [1.82, 2.24) is 0 Å². The SMILES string of the molecule is COC(=O)c1ccc(OC2CC(C)CC(C)C2)cc1. The molecule has 1 aromatic carbocycles. The number of methoxy groups -OCH3 is 1. The minimum absolute atomic E-state index is 0.294. The van der Waals surface area contributed by atoms with E-state index in [1.807, 2.05) is 12.1 Å². The predicted octanol–water partition coefficient (Wildman–Crippen LogP) is 3.68. The van der Waals surface area contributed by atoms with Crippen LogP contribution in [0.3, 0.4) is 0 Å². The van der Waals surface area contributed by atoms with Crippen molar-refractivity contribution < 1.29 is 14.3 Å². The van der Waals surface area contributed by atoms with Gasteiger partial charge in [0.1, 0.15) is 5.75 Å². The van der Waals surface area contributed by atoms with Crippen LogP contribution in [0.25, 0.3) is 0 Å². The van der Waals surface area contributed by atoms with Gasteiger partial charge in [0.25, 0.3) is 0 Å². The van der Waals surface area contributed by atoms with Gasteiger partial charge in [0.05, 0.1) is 18.8 Å². The van der Waals surface area contributed by atoms with Crippen LogP contribution in [0.15, 0.2) is 24.3 Å². The Hall–Kier alpha value is -1.51. The molecule has 3 heteroatoms. The van der Waals surface area contributed by atoms with Crippen molar-refractivity contribution in [3.63, 3.8) is 0 Å². The second-order valence-corrected chi connectivity index (χ2v) is 5.67. The molecule has 0 heterocycles. The van der Waals surface area contributed by atoms with Crippen LogP contribution < -0.4 is 4.74 Å². The van der Waals surface area contributed by atoms with Gasteiger partial charge in [0, 0.05) is 0 Å². The van der Waals surface area contributed by atoms with Gasteiger partial charge in [-0.2, -0.15) is 0 Å². The minimum atomic E-state index is -0.313. The Labute approximate surface area is 114 Å². The van der Waals surface area contributed by atoms with Crippen LogP contribution in [0.1, 0.15) is 43.5 Å². The van der Waals surface area contributed by atoms with Crippen molar-refractivity contribution in [1.29, 1.82) is 0 Å². The zero-order valence-corrected chi connectivity index (χ0v) is 11.9. The number of hydrogen-bond donors (Lipinski definition) is 0. The van der Waals surface area contributed by atoms with Gasteiger partial charge < -0.3 is 9.47 Å². The first-order valence-corrected chi connectivity index (χ1v) is 6.93. The van der Waals surface area contributed by atoms with E-state index in [2.05, 4.69) is 18.6 Å². The Bertz CT molecular complexity index is 414. The molecular weight excluding hydrogens is 240 g/mol. The Balaban J connectivity index is 1.97. The molecule has 1 fully saturated rings. The van der Waals surface area contributed by atoms with Gasteiger partial charge in [-0.3, -0.25) is 0 Å². The summed E-state index contributed by atoms with van der Waals surface area (Å²) in [5.41, 5.74) is 0.556. The summed E-state index contributed by atoms with van der Waals surface area (Å²) in [5, 5.41) is 0. The average Bonchev–Trinajstić information content (AvgIpc) is 2.37. The lowest BCUT2D eigenvalue weighted by Crippen LogP contribution is -2.28. The molecule has 0 N–H and O–H groups in total. The molecule has 1 aromatic rings. The molecule has 1 aliphatic rings. The molecular formula is C16H22O3. The molecule has 2 rings (SSSR count). The van der Waals surface area contributed by atoms with E-state index in [-0.39, 0.29) is 5.97 Å². The largest absolute Gasteiger partial charge is 0.490 e.